The molecule has 4 aromatic rings. The first-order valence-electron chi connectivity index (χ1n) is 10.2. The van der Waals surface area contributed by atoms with Gasteiger partial charge in [-0.25, -0.2) is 4.57 Å². The van der Waals surface area contributed by atoms with Gasteiger partial charge in [-0.3, -0.25) is 19.9 Å². The highest BCUT2D eigenvalue weighted by Gasteiger charge is 2.22. The second-order valence-electron chi connectivity index (χ2n) is 7.30. The monoisotopic (exact) mass is 443 g/mol. The fraction of sp³-hybridized carbons (Fsp3) is 0.120. The zero-order chi connectivity index (χ0) is 23.4. The van der Waals surface area contributed by atoms with Crippen LogP contribution in [0.4, 0.5) is 5.69 Å². The summed E-state index contributed by atoms with van der Waals surface area (Å²) in [4.78, 5) is 28.6. The number of aromatic hydroxyl groups is 1. The molecule has 1 N–H and O–H groups in total. The van der Waals surface area contributed by atoms with Gasteiger partial charge in [-0.1, -0.05) is 42.5 Å². The van der Waals surface area contributed by atoms with Crippen molar-refractivity contribution in [1.29, 1.82) is 0 Å². The smallest absolute Gasteiger partial charge is 0.293 e. The van der Waals surface area contributed by atoms with E-state index in [2.05, 4.69) is 4.99 Å². The van der Waals surface area contributed by atoms with Gasteiger partial charge in [0.25, 0.3) is 11.2 Å². The van der Waals surface area contributed by atoms with Crippen molar-refractivity contribution < 1.29 is 14.8 Å². The van der Waals surface area contributed by atoms with Gasteiger partial charge in [-0.2, -0.15) is 0 Å². The number of nitro groups is 1. The zero-order valence-electron chi connectivity index (χ0n) is 17.8. The van der Waals surface area contributed by atoms with Gasteiger partial charge in [0.15, 0.2) is 0 Å². The first kappa shape index (κ1) is 21.8. The SMILES string of the molecule is COc1ccc(CCN=Cc2c(O)n(-c3ccccc3[N+](=O)[O-])c(=O)c3ccccc23)cc1. The average Bonchev–Trinajstić information content (AvgIpc) is 2.84. The van der Waals surface area contributed by atoms with E-state index in [1.807, 2.05) is 24.3 Å². The van der Waals surface area contributed by atoms with Gasteiger partial charge in [0.05, 0.1) is 17.6 Å². The third kappa shape index (κ3) is 4.31. The maximum absolute atomic E-state index is 13.2. The molecule has 0 amide bonds. The number of fused-ring (bicyclic) bond motifs is 1. The molecule has 0 saturated carbocycles. The minimum absolute atomic E-state index is 0.0105. The Morgan fingerprint density at radius 1 is 1.03 bits per heavy atom. The van der Waals surface area contributed by atoms with Crippen LogP contribution in [0.25, 0.3) is 16.5 Å². The lowest BCUT2D eigenvalue weighted by atomic mass is 10.1. The predicted molar refractivity (Wildman–Crippen MR) is 127 cm³/mol. The van der Waals surface area contributed by atoms with Crippen molar-refractivity contribution in [3.05, 3.63) is 104 Å². The van der Waals surface area contributed by atoms with Crippen LogP contribution < -0.4 is 10.3 Å². The average molecular weight is 443 g/mol. The first-order valence-corrected chi connectivity index (χ1v) is 10.2. The Morgan fingerprint density at radius 3 is 2.39 bits per heavy atom. The number of nitrogens with zero attached hydrogens (tertiary/aromatic N) is 3. The molecule has 0 bridgehead atoms. The van der Waals surface area contributed by atoms with Gasteiger partial charge in [-0.05, 0) is 36.2 Å². The summed E-state index contributed by atoms with van der Waals surface area (Å²) in [6.07, 6.45) is 2.18. The summed E-state index contributed by atoms with van der Waals surface area (Å²) in [6, 6.07) is 20.3. The summed E-state index contributed by atoms with van der Waals surface area (Å²) in [5.74, 6) is 0.372. The van der Waals surface area contributed by atoms with E-state index in [4.69, 9.17) is 4.74 Å². The number of rotatable bonds is 7. The van der Waals surface area contributed by atoms with Crippen LogP contribution in [0.1, 0.15) is 11.1 Å². The predicted octanol–water partition coefficient (Wildman–Crippen LogP) is 4.27. The van der Waals surface area contributed by atoms with E-state index in [9.17, 15) is 20.0 Å². The van der Waals surface area contributed by atoms with E-state index in [0.29, 0.717) is 29.3 Å². The van der Waals surface area contributed by atoms with Crippen molar-refractivity contribution in [1.82, 2.24) is 4.57 Å². The van der Waals surface area contributed by atoms with Gasteiger partial charge < -0.3 is 9.84 Å². The molecule has 3 aromatic carbocycles. The molecule has 0 atom stereocenters. The topological polar surface area (TPSA) is 107 Å². The number of para-hydroxylation sites is 2. The number of pyridine rings is 1. The summed E-state index contributed by atoms with van der Waals surface area (Å²) in [5.41, 5.74) is 0.550. The lowest BCUT2D eigenvalue weighted by molar-refractivity contribution is -0.384. The molecular weight excluding hydrogens is 422 g/mol. The summed E-state index contributed by atoms with van der Waals surface area (Å²) in [5, 5.41) is 23.4. The summed E-state index contributed by atoms with van der Waals surface area (Å²) in [7, 11) is 1.61. The Morgan fingerprint density at radius 2 is 1.70 bits per heavy atom. The molecule has 166 valence electrons. The maximum Gasteiger partial charge on any atom is 0.293 e. The Labute approximate surface area is 189 Å². The molecule has 0 unspecified atom stereocenters. The fourth-order valence-electron chi connectivity index (χ4n) is 3.66. The van der Waals surface area contributed by atoms with Gasteiger partial charge in [0.1, 0.15) is 11.4 Å². The Kier molecular flexibility index (Phi) is 6.17. The van der Waals surface area contributed by atoms with Crippen LogP contribution in [0.3, 0.4) is 0 Å². The largest absolute Gasteiger partial charge is 0.497 e. The lowest BCUT2D eigenvalue weighted by Crippen LogP contribution is -2.21. The van der Waals surface area contributed by atoms with Crippen LogP contribution in [0, 0.1) is 10.1 Å². The number of methoxy groups -OCH3 is 1. The van der Waals surface area contributed by atoms with Crippen molar-refractivity contribution in [2.24, 2.45) is 4.99 Å². The van der Waals surface area contributed by atoms with Crippen LogP contribution >= 0.6 is 0 Å². The molecule has 0 saturated heterocycles. The molecule has 0 spiro atoms. The van der Waals surface area contributed by atoms with E-state index in [-0.39, 0.29) is 11.4 Å². The van der Waals surface area contributed by atoms with Crippen LogP contribution in [-0.4, -0.2) is 34.5 Å². The Hall–Kier alpha value is -4.46. The summed E-state index contributed by atoms with van der Waals surface area (Å²) < 4.78 is 6.12. The van der Waals surface area contributed by atoms with Crippen molar-refractivity contribution in [2.45, 2.75) is 6.42 Å². The minimum atomic E-state index is -0.584. The van der Waals surface area contributed by atoms with Gasteiger partial charge in [0.2, 0.25) is 5.88 Å². The van der Waals surface area contributed by atoms with E-state index >= 15 is 0 Å². The standard InChI is InChI=1S/C25H21N3O5/c1-33-18-12-10-17(11-13-18)14-15-26-16-21-19-6-2-3-7-20(19)24(29)27(25(21)30)22-8-4-5-9-23(22)28(31)32/h2-13,16,30H,14-15H2,1H3. The molecule has 0 radical (unpaired) electrons. The van der Waals surface area contributed by atoms with Crippen LogP contribution in [0.5, 0.6) is 11.6 Å². The number of hydrogen-bond acceptors (Lipinski definition) is 6. The molecule has 0 aliphatic rings. The van der Waals surface area contributed by atoms with Gasteiger partial charge in [-0.15, -0.1) is 0 Å². The minimum Gasteiger partial charge on any atom is -0.497 e. The van der Waals surface area contributed by atoms with Crippen LogP contribution in [0.15, 0.2) is 82.6 Å². The molecule has 0 aliphatic carbocycles. The van der Waals surface area contributed by atoms with E-state index in [0.717, 1.165) is 15.9 Å². The molecule has 8 nitrogen and oxygen atoms in total. The van der Waals surface area contributed by atoms with E-state index in [1.54, 1.807) is 37.4 Å². The molecular formula is C25H21N3O5. The molecule has 0 aliphatic heterocycles. The van der Waals surface area contributed by atoms with Crippen LogP contribution in [-0.2, 0) is 6.42 Å². The molecule has 1 aromatic heterocycles. The molecule has 0 fully saturated rings. The third-order valence-corrected chi connectivity index (χ3v) is 5.33. The number of hydrogen-bond donors (Lipinski definition) is 1. The number of ether oxygens (including phenoxy) is 1. The van der Waals surface area contributed by atoms with Crippen molar-refractivity contribution in [2.75, 3.05) is 13.7 Å². The number of aliphatic imine (C=N–C) groups is 1. The molecule has 1 heterocycles. The summed E-state index contributed by atoms with van der Waals surface area (Å²) >= 11 is 0. The van der Waals surface area contributed by atoms with Crippen LogP contribution in [0.2, 0.25) is 0 Å². The highest BCUT2D eigenvalue weighted by Crippen LogP contribution is 2.29. The zero-order valence-corrected chi connectivity index (χ0v) is 17.8. The molecule has 8 heteroatoms. The maximum atomic E-state index is 13.2. The normalized spacial score (nSPS) is 11.2. The second kappa shape index (κ2) is 9.35. The number of benzene rings is 3. The molecule has 4 rings (SSSR count). The Balaban J connectivity index is 1.76. The van der Waals surface area contributed by atoms with Gasteiger partial charge >= 0.3 is 0 Å². The molecule has 33 heavy (non-hydrogen) atoms. The lowest BCUT2D eigenvalue weighted by Gasteiger charge is -2.13. The van der Waals surface area contributed by atoms with Crippen molar-refractivity contribution in [3.63, 3.8) is 0 Å². The highest BCUT2D eigenvalue weighted by atomic mass is 16.6. The summed E-state index contributed by atoms with van der Waals surface area (Å²) in [6.45, 7) is 0.449. The third-order valence-electron chi connectivity index (χ3n) is 5.33. The van der Waals surface area contributed by atoms with E-state index < -0.39 is 16.4 Å². The van der Waals surface area contributed by atoms with E-state index in [1.165, 1.54) is 24.4 Å². The van der Waals surface area contributed by atoms with Crippen molar-refractivity contribution >= 4 is 22.7 Å². The second-order valence-corrected chi connectivity index (χ2v) is 7.30. The number of aromatic nitrogens is 1. The highest BCUT2D eigenvalue weighted by molar-refractivity contribution is 6.01. The van der Waals surface area contributed by atoms with Gasteiger partial charge in [0, 0.05) is 29.6 Å². The quantitative estimate of drug-likeness (QED) is 0.261. The number of nitro benzene ring substituents is 1. The Bertz CT molecular complexity index is 1410. The first-order chi connectivity index (χ1) is 16.0. The fourth-order valence-corrected chi connectivity index (χ4v) is 3.66. The van der Waals surface area contributed by atoms with Crippen molar-refractivity contribution in [3.8, 4) is 17.3 Å².